The molecule has 2 rings (SSSR count). The number of nitrogens with one attached hydrogen (secondary N) is 2. The van der Waals surface area contributed by atoms with Gasteiger partial charge >= 0.3 is 5.97 Å². The summed E-state index contributed by atoms with van der Waals surface area (Å²) in [5.74, 6) is -1.27. The number of aryl methyl sites for hydroxylation is 2. The van der Waals surface area contributed by atoms with E-state index >= 15 is 0 Å². The van der Waals surface area contributed by atoms with Crippen molar-refractivity contribution in [1.29, 1.82) is 0 Å². The van der Waals surface area contributed by atoms with Crippen molar-refractivity contribution >= 4 is 43.5 Å². The first kappa shape index (κ1) is 22.1. The molecule has 0 saturated heterocycles. The van der Waals surface area contributed by atoms with Gasteiger partial charge in [-0.25, -0.2) is 17.9 Å². The lowest BCUT2D eigenvalue weighted by atomic mass is 10.1. The molecule has 7 nitrogen and oxygen atoms in total. The molecule has 1 amide bonds. The quantitative estimate of drug-likeness (QED) is 0.607. The van der Waals surface area contributed by atoms with Crippen molar-refractivity contribution in [2.75, 3.05) is 18.5 Å². The first-order chi connectivity index (χ1) is 13.1. The number of esters is 1. The molecule has 28 heavy (non-hydrogen) atoms. The van der Waals surface area contributed by atoms with Gasteiger partial charge in [-0.05, 0) is 55.3 Å². The molecule has 0 aromatic heterocycles. The standard InChI is InChI=1S/C19H21BrN2O5S/c1-4-21-28(25,26)15-7-5-12(2)16(10-15)19(24)27-11-18(23)22-14-6-8-17(20)13(3)9-14/h5-10,21H,4,11H2,1-3H3,(H,22,23). The third-order valence-electron chi connectivity index (χ3n) is 3.85. The SMILES string of the molecule is CCNS(=O)(=O)c1ccc(C)c(C(=O)OCC(=O)Nc2ccc(Br)c(C)c2)c1. The zero-order chi connectivity index (χ0) is 20.9. The molecule has 150 valence electrons. The number of benzene rings is 2. The number of anilines is 1. The van der Waals surface area contributed by atoms with E-state index in [1.807, 2.05) is 6.92 Å². The minimum Gasteiger partial charge on any atom is -0.452 e. The second-order valence-electron chi connectivity index (χ2n) is 6.07. The maximum absolute atomic E-state index is 12.3. The molecule has 2 aromatic rings. The molecule has 0 atom stereocenters. The van der Waals surface area contributed by atoms with Gasteiger partial charge in [0, 0.05) is 16.7 Å². The van der Waals surface area contributed by atoms with Crippen LogP contribution < -0.4 is 10.0 Å². The van der Waals surface area contributed by atoms with Gasteiger partial charge in [0.25, 0.3) is 5.91 Å². The number of ether oxygens (including phenoxy) is 1. The third-order valence-corrected chi connectivity index (χ3v) is 6.28. The van der Waals surface area contributed by atoms with Crippen LogP contribution in [0.15, 0.2) is 45.8 Å². The third kappa shape index (κ3) is 5.63. The molecule has 0 spiro atoms. The minimum atomic E-state index is -3.70. The van der Waals surface area contributed by atoms with Crippen LogP contribution in [0.25, 0.3) is 0 Å². The first-order valence-electron chi connectivity index (χ1n) is 8.47. The summed E-state index contributed by atoms with van der Waals surface area (Å²) in [5.41, 5.74) is 2.16. The highest BCUT2D eigenvalue weighted by molar-refractivity contribution is 9.10. The number of halogens is 1. The Kier molecular flexibility index (Phi) is 7.34. The Balaban J connectivity index is 2.06. The van der Waals surface area contributed by atoms with E-state index in [0.717, 1.165) is 10.0 Å². The molecule has 0 unspecified atom stereocenters. The molecular weight excluding hydrogens is 448 g/mol. The maximum Gasteiger partial charge on any atom is 0.338 e. The minimum absolute atomic E-state index is 0.0401. The normalized spacial score (nSPS) is 11.1. The van der Waals surface area contributed by atoms with Crippen molar-refractivity contribution in [3.05, 3.63) is 57.6 Å². The van der Waals surface area contributed by atoms with E-state index in [9.17, 15) is 18.0 Å². The van der Waals surface area contributed by atoms with Crippen LogP contribution in [-0.2, 0) is 19.6 Å². The van der Waals surface area contributed by atoms with Crippen molar-refractivity contribution in [3.8, 4) is 0 Å². The molecular formula is C19H21BrN2O5S. The Labute approximate surface area is 172 Å². The van der Waals surface area contributed by atoms with Gasteiger partial charge in [0.15, 0.2) is 6.61 Å². The van der Waals surface area contributed by atoms with E-state index in [-0.39, 0.29) is 17.0 Å². The Bertz CT molecular complexity index is 1010. The number of rotatable bonds is 7. The molecule has 0 aliphatic heterocycles. The summed E-state index contributed by atoms with van der Waals surface area (Å²) < 4.78 is 32.5. The van der Waals surface area contributed by atoms with Gasteiger partial charge in [-0.15, -0.1) is 0 Å². The number of hydrogen-bond acceptors (Lipinski definition) is 5. The van der Waals surface area contributed by atoms with Gasteiger partial charge in [-0.2, -0.15) is 0 Å². The second-order valence-corrected chi connectivity index (χ2v) is 8.69. The van der Waals surface area contributed by atoms with Crippen molar-refractivity contribution in [2.45, 2.75) is 25.7 Å². The van der Waals surface area contributed by atoms with E-state index in [2.05, 4.69) is 26.0 Å². The predicted octanol–water partition coefficient (Wildman–Crippen LogP) is 3.16. The molecule has 2 N–H and O–H groups in total. The molecule has 9 heteroatoms. The first-order valence-corrected chi connectivity index (χ1v) is 10.7. The van der Waals surface area contributed by atoms with E-state index in [1.165, 1.54) is 18.2 Å². The van der Waals surface area contributed by atoms with Gasteiger partial charge in [-0.3, -0.25) is 4.79 Å². The van der Waals surface area contributed by atoms with Crippen molar-refractivity contribution < 1.29 is 22.7 Å². The number of sulfonamides is 1. The average molecular weight is 469 g/mol. The van der Waals surface area contributed by atoms with Crippen molar-refractivity contribution in [3.63, 3.8) is 0 Å². The largest absolute Gasteiger partial charge is 0.452 e. The number of carbonyl (C=O) groups excluding carboxylic acids is 2. The van der Waals surface area contributed by atoms with Gasteiger partial charge in [0.05, 0.1) is 10.5 Å². The molecule has 0 radical (unpaired) electrons. The van der Waals surface area contributed by atoms with Crippen LogP contribution in [0.3, 0.4) is 0 Å². The van der Waals surface area contributed by atoms with Crippen LogP contribution in [0.4, 0.5) is 5.69 Å². The Hall–Kier alpha value is -2.23. The van der Waals surface area contributed by atoms with Crippen molar-refractivity contribution in [2.24, 2.45) is 0 Å². The molecule has 0 heterocycles. The van der Waals surface area contributed by atoms with Gasteiger partial charge in [-0.1, -0.05) is 28.9 Å². The van der Waals surface area contributed by atoms with Crippen LogP contribution in [-0.4, -0.2) is 33.4 Å². The summed E-state index contributed by atoms with van der Waals surface area (Å²) in [7, 11) is -3.70. The van der Waals surface area contributed by atoms with Crippen LogP contribution in [0.1, 0.15) is 28.4 Å². The average Bonchev–Trinajstić information content (AvgIpc) is 2.63. The summed E-state index contributed by atoms with van der Waals surface area (Å²) in [6, 6.07) is 9.47. The summed E-state index contributed by atoms with van der Waals surface area (Å²) in [4.78, 5) is 24.3. The molecule has 0 fully saturated rings. The summed E-state index contributed by atoms with van der Waals surface area (Å²) in [5, 5.41) is 2.64. The molecule has 0 bridgehead atoms. The Morgan fingerprint density at radius 1 is 1.07 bits per heavy atom. The van der Waals surface area contributed by atoms with Crippen LogP contribution in [0.2, 0.25) is 0 Å². The fourth-order valence-corrected chi connectivity index (χ4v) is 3.70. The Morgan fingerprint density at radius 3 is 2.43 bits per heavy atom. The van der Waals surface area contributed by atoms with Crippen LogP contribution in [0.5, 0.6) is 0 Å². The van der Waals surface area contributed by atoms with Crippen molar-refractivity contribution in [1.82, 2.24) is 4.72 Å². The monoisotopic (exact) mass is 468 g/mol. The lowest BCUT2D eigenvalue weighted by Crippen LogP contribution is -2.24. The topological polar surface area (TPSA) is 102 Å². The van der Waals surface area contributed by atoms with Crippen LogP contribution in [0, 0.1) is 13.8 Å². The smallest absolute Gasteiger partial charge is 0.338 e. The summed E-state index contributed by atoms with van der Waals surface area (Å²) in [6.07, 6.45) is 0. The van der Waals surface area contributed by atoms with E-state index in [1.54, 1.807) is 32.0 Å². The lowest BCUT2D eigenvalue weighted by Gasteiger charge is -2.11. The number of amides is 1. The summed E-state index contributed by atoms with van der Waals surface area (Å²) in [6.45, 7) is 4.94. The zero-order valence-corrected chi connectivity index (χ0v) is 18.1. The highest BCUT2D eigenvalue weighted by Crippen LogP contribution is 2.20. The second kappa shape index (κ2) is 9.31. The Morgan fingerprint density at radius 2 is 1.79 bits per heavy atom. The fraction of sp³-hybridized carbons (Fsp3) is 0.263. The van der Waals surface area contributed by atoms with Gasteiger partial charge < -0.3 is 10.1 Å². The molecule has 2 aromatic carbocycles. The zero-order valence-electron chi connectivity index (χ0n) is 15.7. The molecule has 0 aliphatic rings. The van der Waals surface area contributed by atoms with Gasteiger partial charge in [0.1, 0.15) is 0 Å². The highest BCUT2D eigenvalue weighted by atomic mass is 79.9. The van der Waals surface area contributed by atoms with Gasteiger partial charge in [0.2, 0.25) is 10.0 Å². The molecule has 0 saturated carbocycles. The fourth-order valence-electron chi connectivity index (χ4n) is 2.39. The van der Waals surface area contributed by atoms with E-state index in [0.29, 0.717) is 11.3 Å². The summed E-state index contributed by atoms with van der Waals surface area (Å²) >= 11 is 3.38. The number of hydrogen-bond donors (Lipinski definition) is 2. The lowest BCUT2D eigenvalue weighted by molar-refractivity contribution is -0.119. The number of carbonyl (C=O) groups is 2. The van der Waals surface area contributed by atoms with E-state index in [4.69, 9.17) is 4.74 Å². The molecule has 0 aliphatic carbocycles. The highest BCUT2D eigenvalue weighted by Gasteiger charge is 2.19. The van der Waals surface area contributed by atoms with E-state index < -0.39 is 28.5 Å². The predicted molar refractivity (Wildman–Crippen MR) is 110 cm³/mol. The van der Waals surface area contributed by atoms with Crippen LogP contribution >= 0.6 is 15.9 Å². The maximum atomic E-state index is 12.3.